The van der Waals surface area contributed by atoms with Gasteiger partial charge >= 0.3 is 0 Å². The second-order valence-corrected chi connectivity index (χ2v) is 6.67. The van der Waals surface area contributed by atoms with Gasteiger partial charge in [-0.1, -0.05) is 6.08 Å². The van der Waals surface area contributed by atoms with Crippen molar-refractivity contribution < 1.29 is 14.3 Å². The molecular formula is C18H24N4O3. The van der Waals surface area contributed by atoms with Crippen molar-refractivity contribution in [2.75, 3.05) is 26.8 Å². The Morgan fingerprint density at radius 3 is 2.92 bits per heavy atom. The lowest BCUT2D eigenvalue weighted by Crippen LogP contribution is -2.49. The van der Waals surface area contributed by atoms with Crippen molar-refractivity contribution in [2.45, 2.75) is 32.6 Å². The van der Waals surface area contributed by atoms with Gasteiger partial charge in [-0.25, -0.2) is 4.98 Å². The third-order valence-corrected chi connectivity index (χ3v) is 5.03. The van der Waals surface area contributed by atoms with Crippen molar-refractivity contribution in [2.24, 2.45) is 5.41 Å². The number of aryl methyl sites for hydroxylation is 1. The highest BCUT2D eigenvalue weighted by molar-refractivity contribution is 5.92. The van der Waals surface area contributed by atoms with Crippen molar-refractivity contribution in [1.29, 1.82) is 0 Å². The second-order valence-electron chi connectivity index (χ2n) is 6.67. The Kier molecular flexibility index (Phi) is 5.13. The van der Waals surface area contributed by atoms with E-state index in [1.165, 1.54) is 6.20 Å². The monoisotopic (exact) mass is 344 g/mol. The van der Waals surface area contributed by atoms with E-state index in [0.29, 0.717) is 31.8 Å². The van der Waals surface area contributed by atoms with Crippen molar-refractivity contribution in [3.63, 3.8) is 0 Å². The number of piperidine rings is 1. The summed E-state index contributed by atoms with van der Waals surface area (Å²) in [5.41, 5.74) is 1.95. The van der Waals surface area contributed by atoms with Gasteiger partial charge < -0.3 is 15.0 Å². The summed E-state index contributed by atoms with van der Waals surface area (Å²) in [5.74, 6) is -0.0926. The summed E-state index contributed by atoms with van der Waals surface area (Å²) in [4.78, 5) is 34.7. The average molecular weight is 344 g/mol. The molecule has 7 heteroatoms. The Morgan fingerprint density at radius 2 is 2.20 bits per heavy atom. The number of likely N-dealkylation sites (tertiary alicyclic amines) is 1. The van der Waals surface area contributed by atoms with E-state index in [1.807, 2.05) is 11.8 Å². The largest absolute Gasteiger partial charge is 0.383 e. The lowest BCUT2D eigenvalue weighted by molar-refractivity contribution is -0.133. The molecule has 0 spiro atoms. The Bertz CT molecular complexity index is 686. The van der Waals surface area contributed by atoms with Crippen LogP contribution in [0, 0.1) is 12.3 Å². The van der Waals surface area contributed by atoms with Crippen LogP contribution < -0.4 is 5.32 Å². The molecule has 3 rings (SSSR count). The van der Waals surface area contributed by atoms with Gasteiger partial charge in [0.2, 0.25) is 5.91 Å². The standard InChI is InChI=1S/C18H24N4O3/c1-13-10-20-14(11-19-13)17(24)21-12-18-6-3-4-15(18)22(8-9-25-2)16(23)5-7-18/h4,10-11H,3,5-9,12H2,1-2H3,(H,21,24). The number of nitrogens with zero attached hydrogens (tertiary/aromatic N) is 3. The first kappa shape index (κ1) is 17.5. The van der Waals surface area contributed by atoms with Crippen molar-refractivity contribution in [3.8, 4) is 0 Å². The van der Waals surface area contributed by atoms with Crippen LogP contribution in [0.15, 0.2) is 24.2 Å². The average Bonchev–Trinajstić information content (AvgIpc) is 3.04. The van der Waals surface area contributed by atoms with Gasteiger partial charge in [0, 0.05) is 43.9 Å². The Balaban J connectivity index is 1.70. The van der Waals surface area contributed by atoms with Gasteiger partial charge in [0.25, 0.3) is 5.91 Å². The molecule has 0 aromatic carbocycles. The number of hydrogen-bond acceptors (Lipinski definition) is 5. The van der Waals surface area contributed by atoms with E-state index < -0.39 is 0 Å². The van der Waals surface area contributed by atoms with E-state index in [9.17, 15) is 9.59 Å². The van der Waals surface area contributed by atoms with Crippen LogP contribution in [-0.2, 0) is 9.53 Å². The van der Waals surface area contributed by atoms with Crippen LogP contribution in [0.3, 0.4) is 0 Å². The lowest BCUT2D eigenvalue weighted by Gasteiger charge is -2.42. The van der Waals surface area contributed by atoms with Crippen molar-refractivity contribution in [3.05, 3.63) is 35.6 Å². The third kappa shape index (κ3) is 3.56. The number of amides is 2. The molecule has 1 atom stereocenters. The molecular weight excluding hydrogens is 320 g/mol. The maximum absolute atomic E-state index is 12.4. The van der Waals surface area contributed by atoms with Crippen molar-refractivity contribution >= 4 is 11.8 Å². The van der Waals surface area contributed by atoms with Gasteiger partial charge in [-0.2, -0.15) is 0 Å². The number of allylic oxidation sites excluding steroid dienone is 1. The SMILES string of the molecule is COCCN1C(=O)CCC2(CNC(=O)c3cnc(C)cn3)CCC=C12. The summed E-state index contributed by atoms with van der Waals surface area (Å²) in [6.45, 7) is 3.39. The molecule has 0 saturated carbocycles. The zero-order chi connectivity index (χ0) is 17.9. The normalized spacial score (nSPS) is 22.6. The minimum absolute atomic E-state index is 0.136. The van der Waals surface area contributed by atoms with Gasteiger partial charge in [-0.3, -0.25) is 14.6 Å². The Morgan fingerprint density at radius 1 is 1.36 bits per heavy atom. The number of carbonyl (C=O) groups excluding carboxylic acids is 2. The molecule has 0 radical (unpaired) electrons. The second kappa shape index (κ2) is 7.31. The molecule has 1 aromatic rings. The summed E-state index contributed by atoms with van der Waals surface area (Å²) in [6, 6.07) is 0. The maximum atomic E-state index is 12.4. The maximum Gasteiger partial charge on any atom is 0.271 e. The van der Waals surface area contributed by atoms with Gasteiger partial charge in [-0.05, 0) is 26.2 Å². The summed E-state index contributed by atoms with van der Waals surface area (Å²) in [7, 11) is 1.63. The first-order chi connectivity index (χ1) is 12.1. The van der Waals surface area contributed by atoms with Gasteiger partial charge in [0.1, 0.15) is 5.69 Å². The smallest absolute Gasteiger partial charge is 0.271 e. The molecule has 134 valence electrons. The molecule has 2 amide bonds. The van der Waals surface area contributed by atoms with E-state index in [-0.39, 0.29) is 17.2 Å². The minimum Gasteiger partial charge on any atom is -0.383 e. The van der Waals surface area contributed by atoms with Crippen LogP contribution in [0.2, 0.25) is 0 Å². The van der Waals surface area contributed by atoms with Crippen LogP contribution in [-0.4, -0.2) is 53.5 Å². The van der Waals surface area contributed by atoms with E-state index >= 15 is 0 Å². The number of carbonyl (C=O) groups is 2. The van der Waals surface area contributed by atoms with Crippen LogP contribution in [0.1, 0.15) is 41.9 Å². The van der Waals surface area contributed by atoms with Crippen LogP contribution >= 0.6 is 0 Å². The molecule has 1 aromatic heterocycles. The third-order valence-electron chi connectivity index (χ3n) is 5.03. The van der Waals surface area contributed by atoms with E-state index in [1.54, 1.807) is 13.3 Å². The molecule has 1 N–H and O–H groups in total. The fourth-order valence-electron chi connectivity index (χ4n) is 3.64. The Labute approximate surface area is 147 Å². The molecule has 1 aliphatic carbocycles. The summed E-state index contributed by atoms with van der Waals surface area (Å²) in [6.07, 6.45) is 8.33. The molecule has 1 fully saturated rings. The number of methoxy groups -OCH3 is 1. The number of ether oxygens (including phenoxy) is 1. The number of aromatic nitrogens is 2. The zero-order valence-electron chi connectivity index (χ0n) is 14.7. The fraction of sp³-hybridized carbons (Fsp3) is 0.556. The van der Waals surface area contributed by atoms with Crippen molar-refractivity contribution in [1.82, 2.24) is 20.2 Å². The van der Waals surface area contributed by atoms with Gasteiger partial charge in [0.05, 0.1) is 18.5 Å². The number of fused-ring (bicyclic) bond motifs is 1. The predicted octanol–water partition coefficient (Wildman–Crippen LogP) is 1.45. The van der Waals surface area contributed by atoms with E-state index in [4.69, 9.17) is 4.74 Å². The molecule has 7 nitrogen and oxygen atoms in total. The number of rotatable bonds is 6. The quantitative estimate of drug-likeness (QED) is 0.844. The number of hydrogen-bond donors (Lipinski definition) is 1. The summed E-state index contributed by atoms with van der Waals surface area (Å²) >= 11 is 0. The summed E-state index contributed by atoms with van der Waals surface area (Å²) < 4.78 is 5.13. The van der Waals surface area contributed by atoms with Crippen LogP contribution in [0.4, 0.5) is 0 Å². The van der Waals surface area contributed by atoms with E-state index in [2.05, 4.69) is 21.4 Å². The van der Waals surface area contributed by atoms with Crippen LogP contribution in [0.25, 0.3) is 0 Å². The van der Waals surface area contributed by atoms with Gasteiger partial charge in [-0.15, -0.1) is 0 Å². The topological polar surface area (TPSA) is 84.4 Å². The number of nitrogens with one attached hydrogen (secondary N) is 1. The van der Waals surface area contributed by atoms with Gasteiger partial charge in [0.15, 0.2) is 0 Å². The molecule has 0 bridgehead atoms. The minimum atomic E-state index is -0.228. The molecule has 1 aliphatic heterocycles. The van der Waals surface area contributed by atoms with Crippen LogP contribution in [0.5, 0.6) is 0 Å². The first-order valence-electron chi connectivity index (χ1n) is 8.62. The first-order valence-corrected chi connectivity index (χ1v) is 8.62. The molecule has 25 heavy (non-hydrogen) atoms. The Hall–Kier alpha value is -2.28. The highest BCUT2D eigenvalue weighted by Crippen LogP contribution is 2.47. The zero-order valence-corrected chi connectivity index (χ0v) is 14.7. The molecule has 1 saturated heterocycles. The van der Waals surface area contributed by atoms with E-state index in [0.717, 1.165) is 30.7 Å². The predicted molar refractivity (Wildman–Crippen MR) is 91.7 cm³/mol. The molecule has 2 aliphatic rings. The highest BCUT2D eigenvalue weighted by atomic mass is 16.5. The molecule has 2 heterocycles. The summed E-state index contributed by atoms with van der Waals surface area (Å²) in [5, 5.41) is 2.99. The lowest BCUT2D eigenvalue weighted by atomic mass is 9.76. The molecule has 1 unspecified atom stereocenters. The highest BCUT2D eigenvalue weighted by Gasteiger charge is 2.45. The fourth-order valence-corrected chi connectivity index (χ4v) is 3.64.